The summed E-state index contributed by atoms with van der Waals surface area (Å²) in [5.74, 6) is 5.57. The summed E-state index contributed by atoms with van der Waals surface area (Å²) in [7, 11) is 0. The summed E-state index contributed by atoms with van der Waals surface area (Å²) in [6.07, 6.45) is -7.12. The van der Waals surface area contributed by atoms with Gasteiger partial charge < -0.3 is 16.0 Å². The number of benzene rings is 1. The maximum Gasteiger partial charge on any atom is 0.433 e. The molecular weight excluding hydrogens is 590 g/mol. The molecule has 0 amide bonds. The Morgan fingerprint density at radius 3 is 2.09 bits per heavy atom. The molecule has 3 rings (SSSR count). The standard InChI is InChI=1S/C31H34F6N4.2C2H6/c1-5-17-41(23(4)29(15-16-29)25-11-9-24(10-12-25)19-30(32,33)34)20-22(3)39-27(18-21(2)38)14-13-26-7-6-8-28(40-26)31(35,36)37;2*1-2/h6-12,27,39H,2-5,15-20,38H2,1H3;2*1-2H3. The van der Waals surface area contributed by atoms with E-state index in [4.69, 9.17) is 5.73 Å². The smallest absolute Gasteiger partial charge is 0.402 e. The second-order valence-electron chi connectivity index (χ2n) is 10.3. The Hall–Kier alpha value is -3.87. The van der Waals surface area contributed by atoms with Crippen LogP contribution < -0.4 is 11.1 Å². The minimum atomic E-state index is -4.58. The fourth-order valence-corrected chi connectivity index (χ4v) is 4.67. The van der Waals surface area contributed by atoms with E-state index in [1.54, 1.807) is 12.1 Å². The molecule has 45 heavy (non-hydrogen) atoms. The van der Waals surface area contributed by atoms with E-state index in [2.05, 4.69) is 46.8 Å². The van der Waals surface area contributed by atoms with E-state index in [9.17, 15) is 26.3 Å². The first-order chi connectivity index (χ1) is 21.1. The predicted octanol–water partition coefficient (Wildman–Crippen LogP) is 8.90. The number of nitrogens with two attached hydrogens (primary N) is 1. The first-order valence-electron chi connectivity index (χ1n) is 15.2. The molecule has 0 bridgehead atoms. The number of halogens is 6. The van der Waals surface area contributed by atoms with Gasteiger partial charge in [0.2, 0.25) is 0 Å². The van der Waals surface area contributed by atoms with Gasteiger partial charge in [0, 0.05) is 35.5 Å². The average molecular weight is 637 g/mol. The monoisotopic (exact) mass is 636 g/mol. The number of hydrogen-bond donors (Lipinski definition) is 2. The molecule has 0 aliphatic heterocycles. The van der Waals surface area contributed by atoms with Crippen molar-refractivity contribution in [3.8, 4) is 11.8 Å². The van der Waals surface area contributed by atoms with Crippen molar-refractivity contribution in [3.63, 3.8) is 0 Å². The molecule has 1 heterocycles. The van der Waals surface area contributed by atoms with Gasteiger partial charge >= 0.3 is 12.4 Å². The zero-order valence-electron chi connectivity index (χ0n) is 26.9. The molecule has 0 spiro atoms. The van der Waals surface area contributed by atoms with Gasteiger partial charge in [0.1, 0.15) is 11.4 Å². The van der Waals surface area contributed by atoms with Crippen LogP contribution in [0.25, 0.3) is 0 Å². The largest absolute Gasteiger partial charge is 0.433 e. The fourth-order valence-electron chi connectivity index (χ4n) is 4.67. The maximum atomic E-state index is 13.0. The van der Waals surface area contributed by atoms with Gasteiger partial charge in [-0.2, -0.15) is 26.3 Å². The van der Waals surface area contributed by atoms with Crippen molar-refractivity contribution in [1.29, 1.82) is 0 Å². The Balaban J connectivity index is 0.00000243. The van der Waals surface area contributed by atoms with Crippen LogP contribution in [0.3, 0.4) is 0 Å². The summed E-state index contributed by atoms with van der Waals surface area (Å²) in [5, 5.41) is 3.20. The number of rotatable bonds is 12. The molecule has 0 saturated heterocycles. The molecule has 0 radical (unpaired) electrons. The van der Waals surface area contributed by atoms with Crippen molar-refractivity contribution in [2.45, 2.75) is 90.5 Å². The highest BCUT2D eigenvalue weighted by molar-refractivity contribution is 5.42. The molecule has 1 aliphatic carbocycles. The van der Waals surface area contributed by atoms with Gasteiger partial charge in [-0.15, -0.1) is 0 Å². The summed E-state index contributed by atoms with van der Waals surface area (Å²) in [6.45, 7) is 23.3. The predicted molar refractivity (Wildman–Crippen MR) is 171 cm³/mol. The summed E-state index contributed by atoms with van der Waals surface area (Å²) >= 11 is 0. The topological polar surface area (TPSA) is 54.2 Å². The van der Waals surface area contributed by atoms with Gasteiger partial charge in [0.25, 0.3) is 0 Å². The highest BCUT2D eigenvalue weighted by atomic mass is 19.4. The summed E-state index contributed by atoms with van der Waals surface area (Å²) in [5.41, 5.74) is 7.30. The molecule has 1 unspecified atom stereocenters. The van der Waals surface area contributed by atoms with E-state index in [-0.39, 0.29) is 23.1 Å². The summed E-state index contributed by atoms with van der Waals surface area (Å²) < 4.78 is 77.4. The Labute approximate surface area is 264 Å². The fraction of sp³-hybridized carbons (Fsp3) is 0.457. The van der Waals surface area contributed by atoms with Crippen LogP contribution in [-0.4, -0.2) is 35.2 Å². The Kier molecular flexibility index (Phi) is 15.3. The van der Waals surface area contributed by atoms with Gasteiger partial charge in [0.05, 0.1) is 19.0 Å². The lowest BCUT2D eigenvalue weighted by atomic mass is 9.90. The van der Waals surface area contributed by atoms with Gasteiger partial charge in [-0.05, 0) is 48.4 Å². The lowest BCUT2D eigenvalue weighted by molar-refractivity contribution is -0.141. The lowest BCUT2D eigenvalue weighted by Gasteiger charge is -2.33. The zero-order chi connectivity index (χ0) is 34.4. The molecule has 1 saturated carbocycles. The van der Waals surface area contributed by atoms with Gasteiger partial charge in [-0.25, -0.2) is 4.98 Å². The molecule has 248 valence electrons. The van der Waals surface area contributed by atoms with E-state index in [1.807, 2.05) is 34.6 Å². The Morgan fingerprint density at radius 1 is 1.00 bits per heavy atom. The molecule has 1 aromatic carbocycles. The van der Waals surface area contributed by atoms with E-state index < -0.39 is 30.5 Å². The van der Waals surface area contributed by atoms with E-state index in [0.717, 1.165) is 36.6 Å². The van der Waals surface area contributed by atoms with Crippen molar-refractivity contribution in [2.75, 3.05) is 13.1 Å². The van der Waals surface area contributed by atoms with Crippen molar-refractivity contribution >= 4 is 0 Å². The molecule has 1 atom stereocenters. The van der Waals surface area contributed by atoms with Gasteiger partial charge in [0.15, 0.2) is 0 Å². The molecule has 1 aromatic heterocycles. The van der Waals surface area contributed by atoms with Crippen molar-refractivity contribution in [1.82, 2.24) is 15.2 Å². The summed E-state index contributed by atoms with van der Waals surface area (Å²) in [6, 6.07) is 9.46. The maximum absolute atomic E-state index is 13.0. The molecule has 10 heteroatoms. The number of aromatic nitrogens is 1. The zero-order valence-corrected chi connectivity index (χ0v) is 26.9. The second kappa shape index (κ2) is 17.6. The SMILES string of the molecule is C=C(N)CC(C#Cc1cccc(C(F)(F)F)n1)NC(=C)CN(CCC)C(=C)C1(c2ccc(CC(F)(F)F)cc2)CC1.CC.CC. The van der Waals surface area contributed by atoms with Crippen LogP contribution in [-0.2, 0) is 18.0 Å². The highest BCUT2D eigenvalue weighted by Crippen LogP contribution is 2.54. The number of hydrogen-bond acceptors (Lipinski definition) is 4. The highest BCUT2D eigenvalue weighted by Gasteiger charge is 2.48. The number of pyridine rings is 1. The average Bonchev–Trinajstić information content (AvgIpc) is 3.78. The van der Waals surface area contributed by atoms with E-state index in [1.165, 1.54) is 24.3 Å². The first-order valence-corrected chi connectivity index (χ1v) is 15.2. The molecule has 1 aliphatic rings. The van der Waals surface area contributed by atoms with Crippen LogP contribution >= 0.6 is 0 Å². The Morgan fingerprint density at radius 2 is 1.60 bits per heavy atom. The van der Waals surface area contributed by atoms with Crippen LogP contribution in [0, 0.1) is 11.8 Å². The van der Waals surface area contributed by atoms with Crippen LogP contribution in [0.4, 0.5) is 26.3 Å². The number of nitrogens with zero attached hydrogens (tertiary/aromatic N) is 2. The number of nitrogens with one attached hydrogen (secondary N) is 1. The van der Waals surface area contributed by atoms with Crippen LogP contribution in [0.2, 0.25) is 0 Å². The normalized spacial score (nSPS) is 13.8. The minimum absolute atomic E-state index is 0.0298. The van der Waals surface area contributed by atoms with E-state index >= 15 is 0 Å². The van der Waals surface area contributed by atoms with Gasteiger partial charge in [-0.1, -0.05) is 90.6 Å². The molecular formula is C35H46F6N4. The number of alkyl halides is 6. The third kappa shape index (κ3) is 12.6. The van der Waals surface area contributed by atoms with Crippen molar-refractivity contribution in [2.24, 2.45) is 5.73 Å². The lowest BCUT2D eigenvalue weighted by Crippen LogP contribution is -2.37. The minimum Gasteiger partial charge on any atom is -0.402 e. The van der Waals surface area contributed by atoms with Crippen molar-refractivity contribution < 1.29 is 26.3 Å². The molecule has 3 N–H and O–H groups in total. The Bertz CT molecular complexity index is 1310. The molecule has 2 aromatic rings. The first kappa shape index (κ1) is 39.2. The third-order valence-corrected chi connectivity index (χ3v) is 6.73. The van der Waals surface area contributed by atoms with Crippen LogP contribution in [0.5, 0.6) is 0 Å². The third-order valence-electron chi connectivity index (χ3n) is 6.73. The number of allylic oxidation sites excluding steroid dienone is 1. The van der Waals surface area contributed by atoms with Crippen molar-refractivity contribution in [3.05, 3.63) is 102 Å². The summed E-state index contributed by atoms with van der Waals surface area (Å²) in [4.78, 5) is 5.66. The van der Waals surface area contributed by atoms with Crippen LogP contribution in [0.1, 0.15) is 82.8 Å². The quantitative estimate of drug-likeness (QED) is 0.181. The van der Waals surface area contributed by atoms with E-state index in [0.29, 0.717) is 24.5 Å². The van der Waals surface area contributed by atoms with Crippen LogP contribution in [0.15, 0.2) is 79.3 Å². The van der Waals surface area contributed by atoms with Gasteiger partial charge in [-0.3, -0.25) is 0 Å². The molecule has 1 fully saturated rings. The molecule has 4 nitrogen and oxygen atoms in total. The second-order valence-corrected chi connectivity index (χ2v) is 10.3.